The summed E-state index contributed by atoms with van der Waals surface area (Å²) in [4.78, 5) is 23.7. The molecule has 2 rings (SSSR count). The molecule has 0 saturated heterocycles. The van der Waals surface area contributed by atoms with E-state index in [-0.39, 0.29) is 11.6 Å². The molecular weight excluding hydrogens is 220 g/mol. The smallest absolute Gasteiger partial charge is 0.193 e. The molecule has 0 spiro atoms. The zero-order valence-electron chi connectivity index (χ0n) is 8.77. The van der Waals surface area contributed by atoms with E-state index in [0.29, 0.717) is 16.0 Å². The molecule has 1 aromatic carbocycles. The molecule has 0 N–H and O–H groups in total. The molecule has 1 heterocycles. The first-order valence-electron chi connectivity index (χ1n) is 4.87. The molecule has 0 aliphatic carbocycles. The van der Waals surface area contributed by atoms with Crippen molar-refractivity contribution in [1.82, 2.24) is 0 Å². The summed E-state index contributed by atoms with van der Waals surface area (Å²) in [7, 11) is 0. The molecule has 0 radical (unpaired) electrons. The van der Waals surface area contributed by atoms with Crippen molar-refractivity contribution in [2.75, 3.05) is 0 Å². The van der Waals surface area contributed by atoms with Gasteiger partial charge < -0.3 is 0 Å². The highest BCUT2D eigenvalue weighted by atomic mass is 32.1. The molecule has 2 nitrogen and oxygen atoms in total. The van der Waals surface area contributed by atoms with Gasteiger partial charge in [0, 0.05) is 16.5 Å². The zero-order valence-corrected chi connectivity index (χ0v) is 9.58. The molecule has 3 heteroatoms. The minimum Gasteiger partial charge on any atom is -0.294 e. The van der Waals surface area contributed by atoms with Crippen molar-refractivity contribution in [1.29, 1.82) is 0 Å². The fraction of sp³-hybridized carbons (Fsp3) is 0.0769. The first kappa shape index (κ1) is 10.8. The second-order valence-electron chi connectivity index (χ2n) is 3.45. The third-order valence-corrected chi connectivity index (χ3v) is 3.28. The number of carbonyl (C=O) groups is 2. The van der Waals surface area contributed by atoms with E-state index in [1.165, 1.54) is 18.3 Å². The highest BCUT2D eigenvalue weighted by Crippen LogP contribution is 2.18. The molecule has 80 valence electrons. The predicted molar refractivity (Wildman–Crippen MR) is 64.2 cm³/mol. The molecular formula is C13H10O2S. The maximum atomic E-state index is 12.0. The van der Waals surface area contributed by atoms with Gasteiger partial charge in [-0.05, 0) is 13.0 Å². The fourth-order valence-corrected chi connectivity index (χ4v) is 2.19. The Kier molecular flexibility index (Phi) is 2.97. The van der Waals surface area contributed by atoms with E-state index < -0.39 is 0 Å². The van der Waals surface area contributed by atoms with Gasteiger partial charge in [0.25, 0.3) is 0 Å². The normalized spacial score (nSPS) is 10.1. The van der Waals surface area contributed by atoms with E-state index in [0.717, 1.165) is 0 Å². The van der Waals surface area contributed by atoms with Gasteiger partial charge in [0.2, 0.25) is 0 Å². The molecule has 1 aromatic heterocycles. The molecule has 0 bridgehead atoms. The maximum absolute atomic E-state index is 12.0. The van der Waals surface area contributed by atoms with E-state index in [2.05, 4.69) is 0 Å². The first-order valence-corrected chi connectivity index (χ1v) is 5.75. The molecule has 0 aliphatic heterocycles. The summed E-state index contributed by atoms with van der Waals surface area (Å²) in [6.45, 7) is 1.50. The predicted octanol–water partition coefficient (Wildman–Crippen LogP) is 3.18. The van der Waals surface area contributed by atoms with Crippen molar-refractivity contribution in [2.45, 2.75) is 6.92 Å². The third-order valence-electron chi connectivity index (χ3n) is 2.24. The number of hydrogen-bond donors (Lipinski definition) is 0. The largest absolute Gasteiger partial charge is 0.294 e. The Morgan fingerprint density at radius 3 is 2.31 bits per heavy atom. The quantitative estimate of drug-likeness (QED) is 0.759. The van der Waals surface area contributed by atoms with Gasteiger partial charge >= 0.3 is 0 Å². The van der Waals surface area contributed by atoms with Crippen molar-refractivity contribution in [3.05, 3.63) is 57.8 Å². The Hall–Kier alpha value is -1.74. The third kappa shape index (κ3) is 2.09. The van der Waals surface area contributed by atoms with E-state index in [4.69, 9.17) is 0 Å². The molecule has 0 amide bonds. The zero-order chi connectivity index (χ0) is 11.5. The van der Waals surface area contributed by atoms with Gasteiger partial charge in [-0.25, -0.2) is 0 Å². The van der Waals surface area contributed by atoms with Crippen LogP contribution in [-0.2, 0) is 0 Å². The lowest BCUT2D eigenvalue weighted by atomic mass is 10.1. The van der Waals surface area contributed by atoms with Gasteiger partial charge in [0.15, 0.2) is 11.6 Å². The second kappa shape index (κ2) is 4.41. The number of hydrogen-bond acceptors (Lipinski definition) is 3. The van der Waals surface area contributed by atoms with Crippen molar-refractivity contribution in [3.8, 4) is 0 Å². The molecule has 16 heavy (non-hydrogen) atoms. The van der Waals surface area contributed by atoms with E-state index >= 15 is 0 Å². The van der Waals surface area contributed by atoms with E-state index in [1.54, 1.807) is 23.6 Å². The van der Waals surface area contributed by atoms with Crippen LogP contribution in [-0.4, -0.2) is 11.6 Å². The highest BCUT2D eigenvalue weighted by molar-refractivity contribution is 7.12. The number of Topliss-reactive ketones (excluding diaryl/α,β-unsaturated/α-hetero) is 1. The second-order valence-corrected chi connectivity index (χ2v) is 4.36. The SMILES string of the molecule is CC(=O)c1cc(C(=O)c2ccccc2)cs1. The Balaban J connectivity index is 2.31. The average molecular weight is 230 g/mol. The van der Waals surface area contributed by atoms with Crippen LogP contribution in [0.2, 0.25) is 0 Å². The first-order chi connectivity index (χ1) is 7.68. The van der Waals surface area contributed by atoms with Crippen LogP contribution in [0.3, 0.4) is 0 Å². The molecule has 2 aromatic rings. The lowest BCUT2D eigenvalue weighted by Crippen LogP contribution is -1.99. The van der Waals surface area contributed by atoms with Crippen LogP contribution in [0.1, 0.15) is 32.5 Å². The number of rotatable bonds is 3. The molecule has 0 fully saturated rings. The minimum atomic E-state index is -0.0376. The van der Waals surface area contributed by atoms with Gasteiger partial charge in [-0.1, -0.05) is 30.3 Å². The van der Waals surface area contributed by atoms with Crippen LogP contribution in [0.5, 0.6) is 0 Å². The number of ketones is 2. The van der Waals surface area contributed by atoms with Gasteiger partial charge in [-0.15, -0.1) is 11.3 Å². The summed E-state index contributed by atoms with van der Waals surface area (Å²) in [5.41, 5.74) is 1.23. The number of benzene rings is 1. The Bertz CT molecular complexity index is 526. The standard InChI is InChI=1S/C13H10O2S/c1-9(14)12-7-11(8-16-12)13(15)10-5-3-2-4-6-10/h2-8H,1H3. The lowest BCUT2D eigenvalue weighted by Gasteiger charge is -1.96. The molecule has 0 atom stereocenters. The molecule has 0 aliphatic rings. The van der Waals surface area contributed by atoms with Crippen molar-refractivity contribution in [2.24, 2.45) is 0 Å². The van der Waals surface area contributed by atoms with Crippen LogP contribution in [0.15, 0.2) is 41.8 Å². The summed E-state index contributed by atoms with van der Waals surface area (Å²) in [5, 5.41) is 1.73. The van der Waals surface area contributed by atoms with Crippen LogP contribution in [0.25, 0.3) is 0 Å². The summed E-state index contributed by atoms with van der Waals surface area (Å²) in [6.07, 6.45) is 0. The van der Waals surface area contributed by atoms with Gasteiger partial charge in [0.05, 0.1) is 4.88 Å². The fourth-order valence-electron chi connectivity index (χ4n) is 1.40. The van der Waals surface area contributed by atoms with Gasteiger partial charge in [-0.3, -0.25) is 9.59 Å². The number of thiophene rings is 1. The van der Waals surface area contributed by atoms with Crippen LogP contribution in [0.4, 0.5) is 0 Å². The van der Waals surface area contributed by atoms with Crippen LogP contribution >= 0.6 is 11.3 Å². The van der Waals surface area contributed by atoms with Crippen molar-refractivity contribution >= 4 is 22.9 Å². The minimum absolute atomic E-state index is 0.00267. The number of carbonyl (C=O) groups excluding carboxylic acids is 2. The monoisotopic (exact) mass is 230 g/mol. The highest BCUT2D eigenvalue weighted by Gasteiger charge is 2.12. The van der Waals surface area contributed by atoms with Gasteiger partial charge in [0.1, 0.15) is 0 Å². The average Bonchev–Trinajstić information content (AvgIpc) is 2.78. The van der Waals surface area contributed by atoms with Gasteiger partial charge in [-0.2, -0.15) is 0 Å². The summed E-state index contributed by atoms with van der Waals surface area (Å²) in [6, 6.07) is 10.7. The Labute approximate surface area is 97.5 Å². The Morgan fingerprint density at radius 1 is 1.06 bits per heavy atom. The molecule has 0 unspecified atom stereocenters. The molecule has 0 saturated carbocycles. The lowest BCUT2D eigenvalue weighted by molar-refractivity contribution is 0.102. The van der Waals surface area contributed by atoms with E-state index in [1.807, 2.05) is 18.2 Å². The van der Waals surface area contributed by atoms with Crippen molar-refractivity contribution < 1.29 is 9.59 Å². The summed E-state index contributed by atoms with van der Waals surface area (Å²) >= 11 is 1.31. The summed E-state index contributed by atoms with van der Waals surface area (Å²) in [5.74, 6) is -0.0403. The van der Waals surface area contributed by atoms with Crippen molar-refractivity contribution in [3.63, 3.8) is 0 Å². The van der Waals surface area contributed by atoms with Crippen LogP contribution < -0.4 is 0 Å². The maximum Gasteiger partial charge on any atom is 0.193 e. The summed E-state index contributed by atoms with van der Waals surface area (Å²) < 4.78 is 0. The van der Waals surface area contributed by atoms with E-state index in [9.17, 15) is 9.59 Å². The van der Waals surface area contributed by atoms with Crippen LogP contribution in [0, 0.1) is 0 Å². The Morgan fingerprint density at radius 2 is 1.75 bits per heavy atom. The topological polar surface area (TPSA) is 34.1 Å².